The molecule has 0 spiro atoms. The van der Waals surface area contributed by atoms with E-state index in [4.69, 9.17) is 9.47 Å². The van der Waals surface area contributed by atoms with Crippen molar-refractivity contribution < 1.29 is 23.9 Å². The van der Waals surface area contributed by atoms with Gasteiger partial charge in [-0.1, -0.05) is 12.1 Å². The molecule has 6 heteroatoms. The van der Waals surface area contributed by atoms with E-state index in [1.807, 2.05) is 0 Å². The zero-order chi connectivity index (χ0) is 17.3. The van der Waals surface area contributed by atoms with Gasteiger partial charge in [0.05, 0.1) is 37.6 Å². The second-order valence-electron chi connectivity index (χ2n) is 5.23. The van der Waals surface area contributed by atoms with Crippen molar-refractivity contribution in [2.24, 2.45) is 0 Å². The summed E-state index contributed by atoms with van der Waals surface area (Å²) in [5, 5.41) is 0. The lowest BCUT2D eigenvalue weighted by Crippen LogP contribution is -2.34. The van der Waals surface area contributed by atoms with Crippen molar-refractivity contribution in [2.75, 3.05) is 25.7 Å². The fourth-order valence-corrected chi connectivity index (χ4v) is 2.66. The summed E-state index contributed by atoms with van der Waals surface area (Å²) in [6, 6.07) is 11.4. The largest absolute Gasteiger partial charge is 0.497 e. The van der Waals surface area contributed by atoms with Gasteiger partial charge in [-0.05, 0) is 24.3 Å². The van der Waals surface area contributed by atoms with Crippen LogP contribution in [0.2, 0.25) is 0 Å². The lowest BCUT2D eigenvalue weighted by atomic mass is 10.1. The third-order valence-corrected chi connectivity index (χ3v) is 3.89. The number of carbonyl (C=O) groups excluding carboxylic acids is 3. The Morgan fingerprint density at radius 3 is 2.50 bits per heavy atom. The molecular weight excluding hydrogens is 310 g/mol. The molecule has 0 aromatic heterocycles. The molecule has 6 nitrogen and oxygen atoms in total. The van der Waals surface area contributed by atoms with Crippen molar-refractivity contribution in [1.29, 1.82) is 0 Å². The van der Waals surface area contributed by atoms with Crippen LogP contribution in [-0.4, -0.2) is 38.2 Å². The average molecular weight is 325 g/mol. The molecule has 1 heterocycles. The molecule has 24 heavy (non-hydrogen) atoms. The van der Waals surface area contributed by atoms with Crippen LogP contribution in [-0.2, 0) is 4.79 Å². The molecule has 1 aliphatic heterocycles. The number of nitrogens with zero attached hydrogens (tertiary/aromatic N) is 1. The topological polar surface area (TPSA) is 72.9 Å². The first kappa shape index (κ1) is 15.7. The van der Waals surface area contributed by atoms with Gasteiger partial charge in [0.2, 0.25) is 0 Å². The lowest BCUT2D eigenvalue weighted by molar-refractivity contribution is -0.114. The fraction of sp³-hybridized carbons (Fsp3) is 0.167. The van der Waals surface area contributed by atoms with Crippen LogP contribution in [0, 0.1) is 0 Å². The molecule has 0 saturated carbocycles. The first-order valence-corrected chi connectivity index (χ1v) is 7.27. The third kappa shape index (κ3) is 2.52. The van der Waals surface area contributed by atoms with Crippen molar-refractivity contribution in [3.8, 4) is 11.5 Å². The molecule has 2 aromatic rings. The average Bonchev–Trinajstić information content (AvgIpc) is 2.86. The molecule has 0 aliphatic carbocycles. The molecule has 0 atom stereocenters. The van der Waals surface area contributed by atoms with Crippen LogP contribution in [0.25, 0.3) is 0 Å². The number of anilines is 1. The minimum absolute atomic E-state index is 0.232. The molecule has 1 amide bonds. The number of methoxy groups -OCH3 is 2. The fourth-order valence-electron chi connectivity index (χ4n) is 2.66. The highest BCUT2D eigenvalue weighted by molar-refractivity contribution is 6.52. The van der Waals surface area contributed by atoms with Crippen LogP contribution in [0.5, 0.6) is 11.5 Å². The smallest absolute Gasteiger partial charge is 0.299 e. The maximum atomic E-state index is 12.6. The second kappa shape index (κ2) is 6.16. The van der Waals surface area contributed by atoms with E-state index < -0.39 is 11.7 Å². The second-order valence-corrected chi connectivity index (χ2v) is 5.23. The number of rotatable bonds is 5. The van der Waals surface area contributed by atoms with Crippen LogP contribution in [0.4, 0.5) is 5.69 Å². The summed E-state index contributed by atoms with van der Waals surface area (Å²) < 4.78 is 10.3. The number of amides is 1. The molecule has 0 radical (unpaired) electrons. The lowest BCUT2D eigenvalue weighted by Gasteiger charge is -2.16. The molecule has 0 bridgehead atoms. The summed E-state index contributed by atoms with van der Waals surface area (Å²) in [5.41, 5.74) is 1.09. The number of benzene rings is 2. The van der Waals surface area contributed by atoms with Gasteiger partial charge in [-0.25, -0.2) is 0 Å². The summed E-state index contributed by atoms with van der Waals surface area (Å²) in [4.78, 5) is 38.0. The summed E-state index contributed by atoms with van der Waals surface area (Å²) in [5.74, 6) is -0.712. The number of hydrogen-bond donors (Lipinski definition) is 0. The number of ether oxygens (including phenoxy) is 2. The van der Waals surface area contributed by atoms with Crippen molar-refractivity contribution in [3.05, 3.63) is 53.6 Å². The predicted molar refractivity (Wildman–Crippen MR) is 87.0 cm³/mol. The number of para-hydroxylation sites is 1. The molecule has 122 valence electrons. The molecule has 0 N–H and O–H groups in total. The number of ketones is 2. The van der Waals surface area contributed by atoms with Crippen LogP contribution in [0.15, 0.2) is 42.5 Å². The van der Waals surface area contributed by atoms with E-state index in [0.29, 0.717) is 28.3 Å². The van der Waals surface area contributed by atoms with E-state index in [1.165, 1.54) is 19.1 Å². The summed E-state index contributed by atoms with van der Waals surface area (Å²) >= 11 is 0. The highest BCUT2D eigenvalue weighted by atomic mass is 16.5. The minimum Gasteiger partial charge on any atom is -0.497 e. The van der Waals surface area contributed by atoms with Crippen molar-refractivity contribution in [1.82, 2.24) is 0 Å². The van der Waals surface area contributed by atoms with Gasteiger partial charge >= 0.3 is 0 Å². The normalized spacial score (nSPS) is 13.0. The van der Waals surface area contributed by atoms with E-state index in [2.05, 4.69) is 0 Å². The Balaban J connectivity index is 1.91. The number of carbonyl (C=O) groups is 3. The summed E-state index contributed by atoms with van der Waals surface area (Å²) in [6.45, 7) is -0.232. The van der Waals surface area contributed by atoms with Crippen LogP contribution >= 0.6 is 0 Å². The third-order valence-electron chi connectivity index (χ3n) is 3.89. The Hall–Kier alpha value is -3.15. The monoisotopic (exact) mass is 325 g/mol. The molecule has 3 rings (SSSR count). The van der Waals surface area contributed by atoms with Gasteiger partial charge in [-0.2, -0.15) is 0 Å². The number of fused-ring (bicyclic) bond motifs is 1. The van der Waals surface area contributed by atoms with Gasteiger partial charge in [-0.3, -0.25) is 19.3 Å². The molecular formula is C18H15NO5. The van der Waals surface area contributed by atoms with E-state index in [0.717, 1.165) is 0 Å². The number of hydrogen-bond acceptors (Lipinski definition) is 5. The minimum atomic E-state index is -0.697. The Kier molecular flexibility index (Phi) is 4.04. The Morgan fingerprint density at radius 1 is 1.04 bits per heavy atom. The van der Waals surface area contributed by atoms with Crippen molar-refractivity contribution >= 4 is 23.2 Å². The standard InChI is InChI=1S/C18H15NO5/c1-23-11-7-8-13(16(9-11)24-2)15(20)10-19-14-6-4-3-5-12(14)17(21)18(19)22/h3-9H,10H2,1-2H3. The van der Waals surface area contributed by atoms with E-state index >= 15 is 0 Å². The maximum Gasteiger partial charge on any atom is 0.299 e. The maximum absolute atomic E-state index is 12.6. The molecule has 1 aliphatic rings. The SMILES string of the molecule is COc1ccc(C(=O)CN2C(=O)C(=O)c3ccccc32)c(OC)c1. The molecule has 0 fully saturated rings. The number of Topliss-reactive ketones (excluding diaryl/α,β-unsaturated/α-hetero) is 2. The van der Waals surface area contributed by atoms with Gasteiger partial charge in [0.1, 0.15) is 11.5 Å². The van der Waals surface area contributed by atoms with Crippen molar-refractivity contribution in [2.45, 2.75) is 0 Å². The van der Waals surface area contributed by atoms with Gasteiger partial charge in [0.25, 0.3) is 11.7 Å². The zero-order valence-electron chi connectivity index (χ0n) is 13.2. The first-order chi connectivity index (χ1) is 11.6. The summed E-state index contributed by atoms with van der Waals surface area (Å²) in [7, 11) is 2.97. The predicted octanol–water partition coefficient (Wildman–Crippen LogP) is 2.12. The summed E-state index contributed by atoms with van der Waals surface area (Å²) in [6.07, 6.45) is 0. The Morgan fingerprint density at radius 2 is 1.79 bits per heavy atom. The van der Waals surface area contributed by atoms with Gasteiger partial charge in [-0.15, -0.1) is 0 Å². The van der Waals surface area contributed by atoms with Crippen LogP contribution in [0.1, 0.15) is 20.7 Å². The van der Waals surface area contributed by atoms with Gasteiger partial charge < -0.3 is 9.47 Å². The molecule has 0 saturated heterocycles. The first-order valence-electron chi connectivity index (χ1n) is 7.27. The van der Waals surface area contributed by atoms with E-state index in [9.17, 15) is 14.4 Å². The Bertz CT molecular complexity index is 843. The highest BCUT2D eigenvalue weighted by Crippen LogP contribution is 2.30. The van der Waals surface area contributed by atoms with Gasteiger partial charge in [0.15, 0.2) is 5.78 Å². The zero-order valence-corrected chi connectivity index (χ0v) is 13.2. The van der Waals surface area contributed by atoms with E-state index in [-0.39, 0.29) is 12.3 Å². The molecule has 2 aromatic carbocycles. The van der Waals surface area contributed by atoms with E-state index in [1.54, 1.807) is 42.5 Å². The quantitative estimate of drug-likeness (QED) is 0.622. The highest BCUT2D eigenvalue weighted by Gasteiger charge is 2.36. The van der Waals surface area contributed by atoms with Crippen LogP contribution < -0.4 is 14.4 Å². The Labute approximate surface area is 138 Å². The van der Waals surface area contributed by atoms with Crippen LogP contribution in [0.3, 0.4) is 0 Å². The van der Waals surface area contributed by atoms with Crippen molar-refractivity contribution in [3.63, 3.8) is 0 Å². The van der Waals surface area contributed by atoms with Gasteiger partial charge in [0, 0.05) is 6.07 Å². The molecule has 0 unspecified atom stereocenters.